The van der Waals surface area contributed by atoms with Crippen LogP contribution in [0.3, 0.4) is 0 Å². The van der Waals surface area contributed by atoms with Crippen molar-refractivity contribution in [2.45, 2.75) is 32.2 Å². The molecule has 0 aromatic carbocycles. The van der Waals surface area contributed by atoms with Crippen LogP contribution in [0.4, 0.5) is 0 Å². The van der Waals surface area contributed by atoms with Crippen LogP contribution in [-0.4, -0.2) is 30.6 Å². The van der Waals surface area contributed by atoms with E-state index in [1.54, 1.807) is 7.11 Å². The van der Waals surface area contributed by atoms with E-state index in [4.69, 9.17) is 17.0 Å². The van der Waals surface area contributed by atoms with Gasteiger partial charge in [0.15, 0.2) is 3.95 Å². The van der Waals surface area contributed by atoms with Crippen molar-refractivity contribution in [3.63, 3.8) is 0 Å². The zero-order valence-electron chi connectivity index (χ0n) is 10.6. The molecule has 0 radical (unpaired) electrons. The lowest BCUT2D eigenvalue weighted by Crippen LogP contribution is -2.40. The SMILES string of the molecule is COCC(NC(=O)Cc1sc(=S)[nH]c1C)C1CC1. The van der Waals surface area contributed by atoms with Crippen molar-refractivity contribution >= 4 is 29.5 Å². The van der Waals surface area contributed by atoms with E-state index in [2.05, 4.69) is 10.3 Å². The minimum absolute atomic E-state index is 0.0531. The molecule has 0 bridgehead atoms. The van der Waals surface area contributed by atoms with Crippen LogP contribution in [0, 0.1) is 16.8 Å². The van der Waals surface area contributed by atoms with Gasteiger partial charge in [-0.1, -0.05) is 0 Å². The highest BCUT2D eigenvalue weighted by Gasteiger charge is 2.32. The summed E-state index contributed by atoms with van der Waals surface area (Å²) in [5.74, 6) is 0.650. The summed E-state index contributed by atoms with van der Waals surface area (Å²) in [4.78, 5) is 16.1. The highest BCUT2D eigenvalue weighted by Crippen LogP contribution is 2.32. The number of H-pyrrole nitrogens is 1. The van der Waals surface area contributed by atoms with Gasteiger partial charge in [-0.05, 0) is 37.9 Å². The topological polar surface area (TPSA) is 54.1 Å². The number of hydrogen-bond donors (Lipinski definition) is 2. The van der Waals surface area contributed by atoms with Gasteiger partial charge in [0, 0.05) is 17.7 Å². The predicted molar refractivity (Wildman–Crippen MR) is 74.5 cm³/mol. The molecule has 0 spiro atoms. The van der Waals surface area contributed by atoms with E-state index in [0.29, 0.717) is 18.9 Å². The molecule has 0 saturated heterocycles. The first-order chi connectivity index (χ1) is 8.60. The molecular formula is C12H18N2O2S2. The Morgan fingerprint density at radius 3 is 2.89 bits per heavy atom. The quantitative estimate of drug-likeness (QED) is 0.788. The van der Waals surface area contributed by atoms with Crippen molar-refractivity contribution in [1.29, 1.82) is 0 Å². The van der Waals surface area contributed by atoms with E-state index in [-0.39, 0.29) is 11.9 Å². The largest absolute Gasteiger partial charge is 0.383 e. The van der Waals surface area contributed by atoms with Gasteiger partial charge < -0.3 is 15.0 Å². The Morgan fingerprint density at radius 2 is 2.39 bits per heavy atom. The van der Waals surface area contributed by atoms with E-state index < -0.39 is 0 Å². The van der Waals surface area contributed by atoms with Crippen molar-refractivity contribution < 1.29 is 9.53 Å². The van der Waals surface area contributed by atoms with Gasteiger partial charge in [-0.25, -0.2) is 0 Å². The number of aromatic amines is 1. The van der Waals surface area contributed by atoms with Gasteiger partial charge in [-0.2, -0.15) is 0 Å². The first kappa shape index (κ1) is 13.7. The van der Waals surface area contributed by atoms with Gasteiger partial charge in [-0.15, -0.1) is 11.3 Å². The Hall–Kier alpha value is -0.720. The number of carbonyl (C=O) groups is 1. The standard InChI is InChI=1S/C12H18N2O2S2/c1-7-10(18-12(17)13-7)5-11(15)14-9(6-16-2)8-3-4-8/h8-9H,3-6H2,1-2H3,(H,13,17)(H,14,15). The third kappa shape index (κ3) is 3.63. The first-order valence-electron chi connectivity index (χ1n) is 6.07. The number of rotatable bonds is 6. The molecule has 0 aliphatic heterocycles. The van der Waals surface area contributed by atoms with Crippen molar-refractivity contribution in [1.82, 2.24) is 10.3 Å². The molecule has 2 N–H and O–H groups in total. The molecule has 1 saturated carbocycles. The molecule has 1 aliphatic carbocycles. The minimum atomic E-state index is 0.0531. The fraction of sp³-hybridized carbons (Fsp3) is 0.667. The number of aromatic nitrogens is 1. The Kier molecular flexibility index (Phi) is 4.53. The first-order valence-corrected chi connectivity index (χ1v) is 7.29. The average molecular weight is 286 g/mol. The highest BCUT2D eigenvalue weighted by atomic mass is 32.1. The lowest BCUT2D eigenvalue weighted by molar-refractivity contribution is -0.121. The number of methoxy groups -OCH3 is 1. The summed E-state index contributed by atoms with van der Waals surface area (Å²) < 4.78 is 5.88. The van der Waals surface area contributed by atoms with Crippen LogP contribution in [0.25, 0.3) is 0 Å². The zero-order valence-corrected chi connectivity index (χ0v) is 12.2. The third-order valence-electron chi connectivity index (χ3n) is 3.13. The Labute approximate surface area is 116 Å². The molecule has 1 unspecified atom stereocenters. The lowest BCUT2D eigenvalue weighted by Gasteiger charge is -2.17. The van der Waals surface area contributed by atoms with Gasteiger partial charge in [0.1, 0.15) is 0 Å². The highest BCUT2D eigenvalue weighted by molar-refractivity contribution is 7.73. The normalized spacial score (nSPS) is 16.6. The second-order valence-electron chi connectivity index (χ2n) is 4.71. The smallest absolute Gasteiger partial charge is 0.225 e. The van der Waals surface area contributed by atoms with E-state index in [1.807, 2.05) is 6.92 Å². The van der Waals surface area contributed by atoms with Gasteiger partial charge in [-0.3, -0.25) is 4.79 Å². The summed E-state index contributed by atoms with van der Waals surface area (Å²) in [6.45, 7) is 2.54. The molecule has 2 rings (SSSR count). The Bertz CT molecular complexity index is 477. The molecule has 1 atom stereocenters. The molecule has 1 aliphatic rings. The summed E-state index contributed by atoms with van der Waals surface area (Å²) in [5, 5.41) is 3.06. The molecule has 1 amide bonds. The van der Waals surface area contributed by atoms with Crippen molar-refractivity contribution in [2.24, 2.45) is 5.92 Å². The zero-order chi connectivity index (χ0) is 13.1. The summed E-state index contributed by atoms with van der Waals surface area (Å²) >= 11 is 6.54. The van der Waals surface area contributed by atoms with Gasteiger partial charge in [0.2, 0.25) is 5.91 Å². The van der Waals surface area contributed by atoms with Crippen LogP contribution >= 0.6 is 23.6 Å². The van der Waals surface area contributed by atoms with E-state index in [1.165, 1.54) is 24.2 Å². The average Bonchev–Trinajstić information content (AvgIpc) is 3.06. The maximum absolute atomic E-state index is 12.0. The fourth-order valence-electron chi connectivity index (χ4n) is 1.98. The summed E-state index contributed by atoms with van der Waals surface area (Å²) in [6.07, 6.45) is 2.78. The fourth-order valence-corrected chi connectivity index (χ4v) is 3.27. The van der Waals surface area contributed by atoms with Crippen LogP contribution in [0.15, 0.2) is 0 Å². The summed E-state index contributed by atoms with van der Waals surface area (Å²) in [7, 11) is 1.67. The van der Waals surface area contributed by atoms with E-state index >= 15 is 0 Å². The second kappa shape index (κ2) is 5.95. The van der Waals surface area contributed by atoms with Crippen LogP contribution in [0.5, 0.6) is 0 Å². The maximum Gasteiger partial charge on any atom is 0.225 e. The summed E-state index contributed by atoms with van der Waals surface area (Å²) in [5.41, 5.74) is 0.995. The number of carbonyl (C=O) groups excluding carboxylic acids is 1. The number of nitrogens with one attached hydrogen (secondary N) is 2. The number of aryl methyl sites for hydroxylation is 1. The number of thiazole rings is 1. The molecule has 4 nitrogen and oxygen atoms in total. The van der Waals surface area contributed by atoms with Crippen molar-refractivity contribution in [3.05, 3.63) is 14.5 Å². The van der Waals surface area contributed by atoms with Crippen LogP contribution in [0.1, 0.15) is 23.4 Å². The van der Waals surface area contributed by atoms with Crippen molar-refractivity contribution in [3.8, 4) is 0 Å². The monoisotopic (exact) mass is 286 g/mol. The van der Waals surface area contributed by atoms with Gasteiger partial charge in [0.05, 0.1) is 19.1 Å². The van der Waals surface area contributed by atoms with E-state index in [0.717, 1.165) is 14.5 Å². The molecule has 18 heavy (non-hydrogen) atoms. The molecule has 100 valence electrons. The molecule has 6 heteroatoms. The second-order valence-corrected chi connectivity index (χ2v) is 6.48. The number of amides is 1. The third-order valence-corrected chi connectivity index (χ3v) is 4.46. The van der Waals surface area contributed by atoms with Crippen molar-refractivity contribution in [2.75, 3.05) is 13.7 Å². The van der Waals surface area contributed by atoms with Crippen LogP contribution < -0.4 is 5.32 Å². The molecule has 1 fully saturated rings. The van der Waals surface area contributed by atoms with Crippen LogP contribution in [-0.2, 0) is 16.0 Å². The predicted octanol–water partition coefficient (Wildman–Crippen LogP) is 2.20. The lowest BCUT2D eigenvalue weighted by atomic mass is 10.2. The van der Waals surface area contributed by atoms with Gasteiger partial charge >= 0.3 is 0 Å². The van der Waals surface area contributed by atoms with Crippen LogP contribution in [0.2, 0.25) is 0 Å². The van der Waals surface area contributed by atoms with E-state index in [9.17, 15) is 4.79 Å². The minimum Gasteiger partial charge on any atom is -0.383 e. The molecule has 1 heterocycles. The Balaban J connectivity index is 1.91. The number of ether oxygens (including phenoxy) is 1. The Morgan fingerprint density at radius 1 is 1.67 bits per heavy atom. The number of hydrogen-bond acceptors (Lipinski definition) is 4. The molecular weight excluding hydrogens is 268 g/mol. The maximum atomic E-state index is 12.0. The molecule has 1 aromatic heterocycles. The molecule has 1 aromatic rings. The van der Waals surface area contributed by atoms with Gasteiger partial charge in [0.25, 0.3) is 0 Å². The summed E-state index contributed by atoms with van der Waals surface area (Å²) in [6, 6.07) is 0.162.